The van der Waals surface area contributed by atoms with E-state index < -0.39 is 16.1 Å². The Balaban J connectivity index is 1.77. The number of nitrogens with zero attached hydrogens (tertiary/aromatic N) is 3. The minimum absolute atomic E-state index is 0.0819. The van der Waals surface area contributed by atoms with Gasteiger partial charge in [-0.3, -0.25) is 24.6 Å². The molecule has 32 heavy (non-hydrogen) atoms. The Morgan fingerprint density at radius 3 is 2.75 bits per heavy atom. The molecule has 10 heteroatoms. The van der Waals surface area contributed by atoms with Gasteiger partial charge in [0.15, 0.2) is 5.17 Å². The van der Waals surface area contributed by atoms with Gasteiger partial charge in [0.2, 0.25) is 11.8 Å². The summed E-state index contributed by atoms with van der Waals surface area (Å²) in [4.78, 5) is 42.2. The fourth-order valence-corrected chi connectivity index (χ4v) is 4.33. The monoisotopic (exact) mass is 456 g/mol. The Morgan fingerprint density at radius 1 is 1.28 bits per heavy atom. The molecule has 0 aromatic heterocycles. The zero-order chi connectivity index (χ0) is 23.3. The third-order valence-electron chi connectivity index (χ3n) is 5.04. The predicted octanol–water partition coefficient (Wildman–Crippen LogP) is 3.82. The van der Waals surface area contributed by atoms with Crippen LogP contribution in [0.3, 0.4) is 0 Å². The minimum atomic E-state index is -0.644. The summed E-state index contributed by atoms with van der Waals surface area (Å²) in [5.74, 6) is -0.624. The molecule has 168 valence electrons. The minimum Gasteiger partial charge on any atom is -0.383 e. The Labute approximate surface area is 190 Å². The maximum atomic E-state index is 13.0. The van der Waals surface area contributed by atoms with Crippen molar-refractivity contribution in [2.75, 3.05) is 25.6 Å². The number of anilines is 1. The van der Waals surface area contributed by atoms with Crippen LogP contribution in [0.4, 0.5) is 17.1 Å². The number of benzene rings is 2. The number of non-ortho nitro benzene ring substituents is 1. The van der Waals surface area contributed by atoms with Crippen LogP contribution in [0.1, 0.15) is 17.5 Å². The number of thioether (sulfide) groups is 1. The largest absolute Gasteiger partial charge is 0.383 e. The zero-order valence-corrected chi connectivity index (χ0v) is 18.8. The fourth-order valence-electron chi connectivity index (χ4n) is 3.15. The SMILES string of the molecule is COCCN1C(=O)C(CC(=O)Nc2cccc([N+](=O)[O-])c2)SC1=Nc1cccc(C)c1C. The van der Waals surface area contributed by atoms with E-state index in [4.69, 9.17) is 9.73 Å². The van der Waals surface area contributed by atoms with Crippen LogP contribution in [0.25, 0.3) is 0 Å². The summed E-state index contributed by atoms with van der Waals surface area (Å²) >= 11 is 1.24. The molecule has 2 amide bonds. The molecule has 0 spiro atoms. The number of methoxy groups -OCH3 is 1. The van der Waals surface area contributed by atoms with Gasteiger partial charge in [-0.25, -0.2) is 4.99 Å². The molecule has 0 radical (unpaired) electrons. The number of ether oxygens (including phenoxy) is 1. The number of nitro benzene ring substituents is 1. The van der Waals surface area contributed by atoms with Crippen LogP contribution in [0.2, 0.25) is 0 Å². The molecule has 9 nitrogen and oxygen atoms in total. The number of carbonyl (C=O) groups is 2. The molecule has 1 aliphatic rings. The second kappa shape index (κ2) is 10.4. The average Bonchev–Trinajstić information content (AvgIpc) is 3.04. The average molecular weight is 457 g/mol. The van der Waals surface area contributed by atoms with Crippen LogP contribution in [0.5, 0.6) is 0 Å². The van der Waals surface area contributed by atoms with E-state index in [1.807, 2.05) is 32.0 Å². The van der Waals surface area contributed by atoms with E-state index in [2.05, 4.69) is 5.32 Å². The summed E-state index contributed by atoms with van der Waals surface area (Å²) in [6.07, 6.45) is -0.0819. The number of rotatable bonds is 8. The molecule has 2 aromatic rings. The molecule has 1 aliphatic heterocycles. The van der Waals surface area contributed by atoms with Crippen LogP contribution in [0.15, 0.2) is 47.5 Å². The summed E-state index contributed by atoms with van der Waals surface area (Å²) in [5, 5.41) is 13.4. The number of hydrogen-bond donors (Lipinski definition) is 1. The van der Waals surface area contributed by atoms with E-state index in [-0.39, 0.29) is 18.0 Å². The van der Waals surface area contributed by atoms with Gasteiger partial charge in [0, 0.05) is 31.4 Å². The maximum Gasteiger partial charge on any atom is 0.271 e. The van der Waals surface area contributed by atoms with Gasteiger partial charge < -0.3 is 10.1 Å². The van der Waals surface area contributed by atoms with Gasteiger partial charge in [-0.2, -0.15) is 0 Å². The molecule has 1 N–H and O–H groups in total. The van der Waals surface area contributed by atoms with E-state index in [1.54, 1.807) is 18.1 Å². The van der Waals surface area contributed by atoms with Crippen molar-refractivity contribution in [3.8, 4) is 0 Å². The van der Waals surface area contributed by atoms with Crippen molar-refractivity contribution in [3.63, 3.8) is 0 Å². The number of amidine groups is 1. The number of aliphatic imine (C=N–C) groups is 1. The van der Waals surface area contributed by atoms with Crippen LogP contribution >= 0.6 is 11.8 Å². The van der Waals surface area contributed by atoms with Crippen molar-refractivity contribution < 1.29 is 19.2 Å². The fraction of sp³-hybridized carbons (Fsp3) is 0.318. The van der Waals surface area contributed by atoms with Gasteiger partial charge >= 0.3 is 0 Å². The first-order valence-electron chi connectivity index (χ1n) is 9.96. The van der Waals surface area contributed by atoms with Crippen molar-refractivity contribution in [2.45, 2.75) is 25.5 Å². The molecule has 2 aromatic carbocycles. The van der Waals surface area contributed by atoms with Crippen molar-refractivity contribution in [1.82, 2.24) is 4.90 Å². The van der Waals surface area contributed by atoms with Crippen molar-refractivity contribution >= 4 is 45.8 Å². The topological polar surface area (TPSA) is 114 Å². The number of aryl methyl sites for hydroxylation is 1. The van der Waals surface area contributed by atoms with Crippen molar-refractivity contribution in [3.05, 3.63) is 63.7 Å². The molecular weight excluding hydrogens is 432 g/mol. The second-order valence-electron chi connectivity index (χ2n) is 7.26. The Hall–Kier alpha value is -3.24. The highest BCUT2D eigenvalue weighted by atomic mass is 32.2. The van der Waals surface area contributed by atoms with E-state index in [9.17, 15) is 19.7 Å². The lowest BCUT2D eigenvalue weighted by Crippen LogP contribution is -2.35. The molecule has 1 heterocycles. The lowest BCUT2D eigenvalue weighted by atomic mass is 10.1. The summed E-state index contributed by atoms with van der Waals surface area (Å²) in [7, 11) is 1.55. The Bertz CT molecular complexity index is 1070. The number of hydrogen-bond acceptors (Lipinski definition) is 7. The lowest BCUT2D eigenvalue weighted by Gasteiger charge is -2.16. The molecule has 1 saturated heterocycles. The molecule has 0 bridgehead atoms. The second-order valence-corrected chi connectivity index (χ2v) is 8.43. The van der Waals surface area contributed by atoms with Gasteiger partial charge in [-0.1, -0.05) is 30.0 Å². The molecule has 3 rings (SSSR count). The number of carbonyl (C=O) groups excluding carboxylic acids is 2. The summed E-state index contributed by atoms with van der Waals surface area (Å²) in [6, 6.07) is 11.5. The molecule has 0 aliphatic carbocycles. The third kappa shape index (κ3) is 5.51. The van der Waals surface area contributed by atoms with E-state index in [1.165, 1.54) is 30.0 Å². The molecule has 0 saturated carbocycles. The predicted molar refractivity (Wildman–Crippen MR) is 124 cm³/mol. The molecule has 1 atom stereocenters. The summed E-state index contributed by atoms with van der Waals surface area (Å²) in [6.45, 7) is 4.63. The standard InChI is InChI=1S/C22H24N4O5S/c1-14-6-4-9-18(15(14)2)24-22-25(10-11-31-3)21(28)19(32-22)13-20(27)23-16-7-5-8-17(12-16)26(29)30/h4-9,12,19H,10-11,13H2,1-3H3,(H,23,27). The first-order valence-corrected chi connectivity index (χ1v) is 10.8. The maximum absolute atomic E-state index is 13.0. The van der Waals surface area contributed by atoms with Gasteiger partial charge in [0.05, 0.1) is 23.8 Å². The Morgan fingerprint density at radius 2 is 2.03 bits per heavy atom. The number of nitro groups is 1. The van der Waals surface area contributed by atoms with Gasteiger partial charge in [0.25, 0.3) is 5.69 Å². The van der Waals surface area contributed by atoms with E-state index >= 15 is 0 Å². The van der Waals surface area contributed by atoms with E-state index in [0.29, 0.717) is 24.0 Å². The van der Waals surface area contributed by atoms with Gasteiger partial charge in [-0.15, -0.1) is 0 Å². The zero-order valence-electron chi connectivity index (χ0n) is 18.0. The lowest BCUT2D eigenvalue weighted by molar-refractivity contribution is -0.384. The quantitative estimate of drug-likeness (QED) is 0.477. The highest BCUT2D eigenvalue weighted by Crippen LogP contribution is 2.33. The molecule has 1 unspecified atom stereocenters. The first kappa shape index (κ1) is 23.4. The highest BCUT2D eigenvalue weighted by molar-refractivity contribution is 8.15. The van der Waals surface area contributed by atoms with Crippen LogP contribution in [0, 0.1) is 24.0 Å². The van der Waals surface area contributed by atoms with Crippen molar-refractivity contribution in [2.24, 2.45) is 4.99 Å². The van der Waals surface area contributed by atoms with E-state index in [0.717, 1.165) is 16.8 Å². The van der Waals surface area contributed by atoms with Crippen LogP contribution in [-0.2, 0) is 14.3 Å². The normalized spacial score (nSPS) is 17.1. The summed E-state index contributed by atoms with van der Waals surface area (Å²) < 4.78 is 5.13. The first-order chi connectivity index (χ1) is 15.3. The summed E-state index contributed by atoms with van der Waals surface area (Å²) in [5.41, 5.74) is 3.07. The highest BCUT2D eigenvalue weighted by Gasteiger charge is 2.39. The third-order valence-corrected chi connectivity index (χ3v) is 6.22. The van der Waals surface area contributed by atoms with Gasteiger partial charge in [-0.05, 0) is 37.1 Å². The van der Waals surface area contributed by atoms with Gasteiger partial charge in [0.1, 0.15) is 5.25 Å². The van der Waals surface area contributed by atoms with Crippen molar-refractivity contribution in [1.29, 1.82) is 0 Å². The molecular formula is C22H24N4O5S. The number of nitrogens with one attached hydrogen (secondary N) is 1. The Kier molecular flexibility index (Phi) is 7.60. The van der Waals surface area contributed by atoms with Crippen LogP contribution < -0.4 is 5.32 Å². The number of amides is 2. The smallest absolute Gasteiger partial charge is 0.271 e. The van der Waals surface area contributed by atoms with Crippen LogP contribution in [-0.4, -0.2) is 52.3 Å². The molecule has 1 fully saturated rings.